The van der Waals surface area contributed by atoms with Crippen molar-refractivity contribution >= 4 is 16.6 Å². The van der Waals surface area contributed by atoms with Gasteiger partial charge in [0.1, 0.15) is 5.52 Å². The van der Waals surface area contributed by atoms with Crippen molar-refractivity contribution in [1.29, 1.82) is 0 Å². The van der Waals surface area contributed by atoms with E-state index in [0.717, 1.165) is 101 Å². The average molecular weight is 415 g/mol. The number of rotatable bonds is 4. The minimum absolute atomic E-state index is 0.0990. The van der Waals surface area contributed by atoms with Crippen molar-refractivity contribution in [1.82, 2.24) is 25.3 Å². The molecule has 4 heterocycles. The van der Waals surface area contributed by atoms with Gasteiger partial charge in [-0.2, -0.15) is 5.10 Å². The minimum atomic E-state index is -0.0990. The van der Waals surface area contributed by atoms with Crippen molar-refractivity contribution in [3.63, 3.8) is 0 Å². The molecule has 0 saturated carbocycles. The Balaban J connectivity index is 1.30. The van der Waals surface area contributed by atoms with E-state index >= 15 is 4.39 Å². The topological polar surface area (TPSA) is 48.4 Å². The normalized spacial score (nSPS) is 24.6. The number of anilines is 1. The quantitative estimate of drug-likeness (QED) is 0.804. The van der Waals surface area contributed by atoms with Crippen LogP contribution in [0.15, 0.2) is 12.1 Å². The Labute approximate surface area is 178 Å². The third-order valence-corrected chi connectivity index (χ3v) is 7.32. The zero-order valence-corrected chi connectivity index (χ0v) is 18.2. The molecule has 1 aromatic heterocycles. The summed E-state index contributed by atoms with van der Waals surface area (Å²) >= 11 is 0. The van der Waals surface area contributed by atoms with Crippen molar-refractivity contribution in [2.24, 2.45) is 13.0 Å². The van der Waals surface area contributed by atoms with Crippen molar-refractivity contribution in [3.8, 4) is 0 Å². The number of hydrogen-bond donors (Lipinski definition) is 2. The van der Waals surface area contributed by atoms with E-state index in [-0.39, 0.29) is 5.82 Å². The van der Waals surface area contributed by atoms with Gasteiger partial charge < -0.3 is 20.4 Å². The maximum Gasteiger partial charge on any atom is 0.172 e. The van der Waals surface area contributed by atoms with Crippen LogP contribution in [-0.2, 0) is 7.05 Å². The number of nitrogens with one attached hydrogen (secondary N) is 2. The van der Waals surface area contributed by atoms with Crippen molar-refractivity contribution in [2.45, 2.75) is 31.6 Å². The molecule has 5 rings (SSSR count). The maximum atomic E-state index is 15.6. The van der Waals surface area contributed by atoms with Gasteiger partial charge in [0.2, 0.25) is 0 Å². The van der Waals surface area contributed by atoms with Crippen LogP contribution >= 0.6 is 0 Å². The molecule has 3 fully saturated rings. The van der Waals surface area contributed by atoms with Gasteiger partial charge >= 0.3 is 0 Å². The molecule has 1 aromatic carbocycles. The molecule has 30 heavy (non-hydrogen) atoms. The molecule has 0 amide bonds. The molecule has 0 bridgehead atoms. The van der Waals surface area contributed by atoms with Gasteiger partial charge in [0, 0.05) is 70.7 Å². The predicted molar refractivity (Wildman–Crippen MR) is 120 cm³/mol. The van der Waals surface area contributed by atoms with Crippen LogP contribution in [0.3, 0.4) is 0 Å². The zero-order valence-electron chi connectivity index (χ0n) is 18.2. The lowest BCUT2D eigenvalue weighted by Gasteiger charge is -2.37. The van der Waals surface area contributed by atoms with E-state index in [1.165, 1.54) is 6.54 Å². The first-order valence-electron chi connectivity index (χ1n) is 11.7. The van der Waals surface area contributed by atoms with Gasteiger partial charge in [0.25, 0.3) is 0 Å². The molecule has 1 atom stereocenters. The first kappa shape index (κ1) is 20.2. The highest BCUT2D eigenvalue weighted by atomic mass is 19.1. The van der Waals surface area contributed by atoms with Gasteiger partial charge in [-0.1, -0.05) is 0 Å². The number of fused-ring (bicyclic) bond motifs is 1. The summed E-state index contributed by atoms with van der Waals surface area (Å²) in [5.41, 5.74) is 2.47. The molecule has 3 aliphatic heterocycles. The van der Waals surface area contributed by atoms with Gasteiger partial charge in [0.05, 0.1) is 11.4 Å². The van der Waals surface area contributed by atoms with Gasteiger partial charge in [0.15, 0.2) is 5.82 Å². The number of halogens is 1. The SMILES string of the molecule is Cn1nc(C2CCCNC2)c2ccc(N3CCC(CN4CCNCC4)CC3)c(F)c21. The fourth-order valence-corrected chi connectivity index (χ4v) is 5.59. The molecule has 7 heteroatoms. The Morgan fingerprint density at radius 2 is 1.83 bits per heavy atom. The second-order valence-corrected chi connectivity index (χ2v) is 9.33. The molecule has 0 radical (unpaired) electrons. The Morgan fingerprint density at radius 3 is 2.57 bits per heavy atom. The molecular weight excluding hydrogens is 379 g/mol. The van der Waals surface area contributed by atoms with E-state index in [9.17, 15) is 0 Å². The second-order valence-electron chi connectivity index (χ2n) is 9.33. The fraction of sp³-hybridized carbons (Fsp3) is 0.696. The molecule has 3 saturated heterocycles. The van der Waals surface area contributed by atoms with Crippen LogP contribution in [0.25, 0.3) is 10.9 Å². The first-order chi connectivity index (χ1) is 14.7. The van der Waals surface area contributed by atoms with Crippen LogP contribution in [0.2, 0.25) is 0 Å². The van der Waals surface area contributed by atoms with E-state index in [2.05, 4.69) is 26.5 Å². The number of benzene rings is 1. The number of piperidine rings is 2. The third kappa shape index (κ3) is 3.95. The fourth-order valence-electron chi connectivity index (χ4n) is 5.59. The zero-order chi connectivity index (χ0) is 20.5. The number of aryl methyl sites for hydroxylation is 1. The number of aromatic nitrogens is 2. The molecule has 3 aliphatic rings. The molecule has 1 unspecified atom stereocenters. The summed E-state index contributed by atoms with van der Waals surface area (Å²) in [5, 5.41) is 12.6. The van der Waals surface area contributed by atoms with E-state index in [1.54, 1.807) is 4.68 Å². The highest BCUT2D eigenvalue weighted by Crippen LogP contribution is 2.35. The van der Waals surface area contributed by atoms with Gasteiger partial charge in [-0.05, 0) is 50.3 Å². The molecule has 2 N–H and O–H groups in total. The summed E-state index contributed by atoms with van der Waals surface area (Å²) in [6.45, 7) is 9.61. The van der Waals surface area contributed by atoms with Crippen LogP contribution in [0.5, 0.6) is 0 Å². The van der Waals surface area contributed by atoms with E-state index < -0.39 is 0 Å². The largest absolute Gasteiger partial charge is 0.369 e. The summed E-state index contributed by atoms with van der Waals surface area (Å²) < 4.78 is 17.4. The van der Waals surface area contributed by atoms with Gasteiger partial charge in [-0.3, -0.25) is 4.68 Å². The molecule has 0 spiro atoms. The van der Waals surface area contributed by atoms with Crippen molar-refractivity contribution in [3.05, 3.63) is 23.6 Å². The number of nitrogens with zero attached hydrogens (tertiary/aromatic N) is 4. The lowest BCUT2D eigenvalue weighted by Crippen LogP contribution is -2.47. The third-order valence-electron chi connectivity index (χ3n) is 7.32. The van der Waals surface area contributed by atoms with Crippen LogP contribution in [0.4, 0.5) is 10.1 Å². The lowest BCUT2D eigenvalue weighted by atomic mass is 9.93. The Kier molecular flexibility index (Phi) is 5.94. The Hall–Kier alpha value is -1.70. The summed E-state index contributed by atoms with van der Waals surface area (Å²) in [6, 6.07) is 4.10. The summed E-state index contributed by atoms with van der Waals surface area (Å²) in [6.07, 6.45) is 4.58. The van der Waals surface area contributed by atoms with Crippen LogP contribution < -0.4 is 15.5 Å². The summed E-state index contributed by atoms with van der Waals surface area (Å²) in [4.78, 5) is 4.83. The highest BCUT2D eigenvalue weighted by molar-refractivity contribution is 5.86. The maximum absolute atomic E-state index is 15.6. The monoisotopic (exact) mass is 414 g/mol. The number of piperazine rings is 1. The number of hydrogen-bond acceptors (Lipinski definition) is 5. The van der Waals surface area contributed by atoms with E-state index in [1.807, 2.05) is 13.1 Å². The molecule has 0 aliphatic carbocycles. The van der Waals surface area contributed by atoms with E-state index in [0.29, 0.717) is 11.4 Å². The molecule has 2 aromatic rings. The van der Waals surface area contributed by atoms with Crippen molar-refractivity contribution in [2.75, 3.05) is 63.8 Å². The van der Waals surface area contributed by atoms with Crippen LogP contribution in [0.1, 0.15) is 37.3 Å². The lowest BCUT2D eigenvalue weighted by molar-refractivity contribution is 0.190. The summed E-state index contributed by atoms with van der Waals surface area (Å²) in [5.74, 6) is 1.01. The molecule has 164 valence electrons. The molecule has 6 nitrogen and oxygen atoms in total. The van der Waals surface area contributed by atoms with E-state index in [4.69, 9.17) is 5.10 Å². The summed E-state index contributed by atoms with van der Waals surface area (Å²) in [7, 11) is 1.88. The molecular formula is C23H35FN6. The Bertz CT molecular complexity index is 860. The first-order valence-corrected chi connectivity index (χ1v) is 11.7. The second kappa shape index (κ2) is 8.81. The minimum Gasteiger partial charge on any atom is -0.369 e. The van der Waals surface area contributed by atoms with Crippen molar-refractivity contribution < 1.29 is 4.39 Å². The van der Waals surface area contributed by atoms with Gasteiger partial charge in [-0.15, -0.1) is 0 Å². The average Bonchev–Trinajstić information content (AvgIpc) is 3.13. The highest BCUT2D eigenvalue weighted by Gasteiger charge is 2.27. The van der Waals surface area contributed by atoms with Crippen LogP contribution in [-0.4, -0.2) is 73.6 Å². The standard InChI is InChI=1S/C23H35FN6/c1-28-23-19(22(27-28)18-3-2-8-26-15-18)4-5-20(21(23)24)30-11-6-17(7-12-30)16-29-13-9-25-10-14-29/h4-5,17-18,25-26H,2-3,6-16H2,1H3. The van der Waals surface area contributed by atoms with Crippen LogP contribution in [0, 0.1) is 11.7 Å². The van der Waals surface area contributed by atoms with Gasteiger partial charge in [-0.25, -0.2) is 4.39 Å². The predicted octanol–water partition coefficient (Wildman–Crippen LogP) is 2.30. The smallest absolute Gasteiger partial charge is 0.172 e. The Morgan fingerprint density at radius 1 is 1.03 bits per heavy atom.